The SMILES string of the molecule is O=C(COC(=O)c1ccc(CO)cc1)Nc1ccccc1OC(F)F. The Morgan fingerprint density at radius 3 is 2.40 bits per heavy atom. The lowest BCUT2D eigenvalue weighted by molar-refractivity contribution is -0.119. The molecule has 2 aromatic carbocycles. The van der Waals surface area contributed by atoms with Crippen LogP contribution in [0.25, 0.3) is 0 Å². The molecule has 0 heterocycles. The quantitative estimate of drug-likeness (QED) is 0.749. The number of aliphatic hydroxyl groups is 1. The fourth-order valence-corrected chi connectivity index (χ4v) is 1.92. The highest BCUT2D eigenvalue weighted by Gasteiger charge is 2.14. The summed E-state index contributed by atoms with van der Waals surface area (Å²) in [6, 6.07) is 11.7. The predicted molar refractivity (Wildman–Crippen MR) is 84.4 cm³/mol. The fraction of sp³-hybridized carbons (Fsp3) is 0.176. The molecule has 25 heavy (non-hydrogen) atoms. The molecule has 2 N–H and O–H groups in total. The summed E-state index contributed by atoms with van der Waals surface area (Å²) >= 11 is 0. The molecule has 0 aromatic heterocycles. The van der Waals surface area contributed by atoms with Crippen LogP contribution in [0.2, 0.25) is 0 Å². The number of alkyl halides is 2. The van der Waals surface area contributed by atoms with Crippen molar-refractivity contribution in [3.63, 3.8) is 0 Å². The minimum absolute atomic E-state index is 0.0381. The first kappa shape index (κ1) is 18.3. The summed E-state index contributed by atoms with van der Waals surface area (Å²) in [5.74, 6) is -1.63. The summed E-state index contributed by atoms with van der Waals surface area (Å²) in [7, 11) is 0. The predicted octanol–water partition coefficient (Wildman–Crippen LogP) is 2.58. The van der Waals surface area contributed by atoms with Gasteiger partial charge in [-0.15, -0.1) is 0 Å². The van der Waals surface area contributed by atoms with E-state index in [-0.39, 0.29) is 23.6 Å². The monoisotopic (exact) mass is 351 g/mol. The van der Waals surface area contributed by atoms with Gasteiger partial charge in [0.15, 0.2) is 6.61 Å². The Hall–Kier alpha value is -3.00. The lowest BCUT2D eigenvalue weighted by Crippen LogP contribution is -2.21. The van der Waals surface area contributed by atoms with E-state index < -0.39 is 25.1 Å². The number of carbonyl (C=O) groups is 2. The number of esters is 1. The number of hydrogen-bond acceptors (Lipinski definition) is 5. The number of para-hydroxylation sites is 2. The molecule has 2 rings (SSSR count). The summed E-state index contributed by atoms with van der Waals surface area (Å²) in [6.45, 7) is -3.78. The number of benzene rings is 2. The number of rotatable bonds is 7. The third-order valence-electron chi connectivity index (χ3n) is 3.08. The zero-order valence-corrected chi connectivity index (χ0v) is 12.9. The van der Waals surface area contributed by atoms with Crippen molar-refractivity contribution in [1.82, 2.24) is 0 Å². The normalized spacial score (nSPS) is 10.4. The van der Waals surface area contributed by atoms with Crippen molar-refractivity contribution < 1.29 is 33.0 Å². The molecule has 0 saturated heterocycles. The molecule has 8 heteroatoms. The first-order chi connectivity index (χ1) is 12.0. The Kier molecular flexibility index (Phi) is 6.41. The molecule has 0 fully saturated rings. The van der Waals surface area contributed by atoms with Gasteiger partial charge in [-0.1, -0.05) is 24.3 Å². The molecule has 0 radical (unpaired) electrons. The lowest BCUT2D eigenvalue weighted by Gasteiger charge is -2.11. The Morgan fingerprint density at radius 2 is 1.76 bits per heavy atom. The second-order valence-electron chi connectivity index (χ2n) is 4.85. The Labute approximate surface area is 142 Å². The average molecular weight is 351 g/mol. The number of ether oxygens (including phenoxy) is 2. The zero-order chi connectivity index (χ0) is 18.2. The Bertz CT molecular complexity index is 734. The Balaban J connectivity index is 1.91. The smallest absolute Gasteiger partial charge is 0.387 e. The van der Waals surface area contributed by atoms with Crippen LogP contribution in [-0.4, -0.2) is 30.2 Å². The molecule has 6 nitrogen and oxygen atoms in total. The van der Waals surface area contributed by atoms with Gasteiger partial charge in [0.25, 0.3) is 5.91 Å². The summed E-state index contributed by atoms with van der Waals surface area (Å²) in [6.07, 6.45) is 0. The van der Waals surface area contributed by atoms with E-state index in [9.17, 15) is 18.4 Å². The van der Waals surface area contributed by atoms with Gasteiger partial charge < -0.3 is 19.9 Å². The van der Waals surface area contributed by atoms with Gasteiger partial charge in [0.1, 0.15) is 5.75 Å². The number of anilines is 1. The number of halogens is 2. The molecule has 0 unspecified atom stereocenters. The van der Waals surface area contributed by atoms with E-state index in [0.29, 0.717) is 5.56 Å². The number of aliphatic hydroxyl groups excluding tert-OH is 1. The van der Waals surface area contributed by atoms with E-state index in [2.05, 4.69) is 10.1 Å². The maximum Gasteiger partial charge on any atom is 0.387 e. The van der Waals surface area contributed by atoms with Crippen LogP contribution in [-0.2, 0) is 16.1 Å². The largest absolute Gasteiger partial charge is 0.452 e. The van der Waals surface area contributed by atoms with Crippen molar-refractivity contribution in [3.8, 4) is 5.75 Å². The molecule has 0 bridgehead atoms. The first-order valence-electron chi connectivity index (χ1n) is 7.20. The van der Waals surface area contributed by atoms with Gasteiger partial charge in [0.2, 0.25) is 0 Å². The van der Waals surface area contributed by atoms with Gasteiger partial charge in [-0.2, -0.15) is 8.78 Å². The first-order valence-corrected chi connectivity index (χ1v) is 7.20. The van der Waals surface area contributed by atoms with Crippen molar-refractivity contribution >= 4 is 17.6 Å². The fourth-order valence-electron chi connectivity index (χ4n) is 1.92. The molecule has 2 aromatic rings. The minimum Gasteiger partial charge on any atom is -0.452 e. The summed E-state index contributed by atoms with van der Waals surface area (Å²) in [5.41, 5.74) is 0.882. The second-order valence-corrected chi connectivity index (χ2v) is 4.85. The zero-order valence-electron chi connectivity index (χ0n) is 12.9. The number of hydrogen-bond donors (Lipinski definition) is 2. The maximum absolute atomic E-state index is 12.3. The van der Waals surface area contributed by atoms with E-state index in [1.807, 2.05) is 0 Å². The van der Waals surface area contributed by atoms with Crippen molar-refractivity contribution in [1.29, 1.82) is 0 Å². The van der Waals surface area contributed by atoms with Crippen LogP contribution >= 0.6 is 0 Å². The molecule has 0 aliphatic rings. The third-order valence-corrected chi connectivity index (χ3v) is 3.08. The lowest BCUT2D eigenvalue weighted by atomic mass is 10.1. The molecule has 1 amide bonds. The summed E-state index contributed by atoms with van der Waals surface area (Å²) in [4.78, 5) is 23.6. The van der Waals surface area contributed by atoms with Gasteiger partial charge in [-0.25, -0.2) is 4.79 Å². The van der Waals surface area contributed by atoms with E-state index in [1.165, 1.54) is 36.4 Å². The molecule has 132 valence electrons. The molecular formula is C17H15F2NO5. The average Bonchev–Trinajstić information content (AvgIpc) is 2.61. The van der Waals surface area contributed by atoms with Crippen molar-refractivity contribution in [3.05, 3.63) is 59.7 Å². The van der Waals surface area contributed by atoms with Gasteiger partial charge in [-0.3, -0.25) is 4.79 Å². The second kappa shape index (κ2) is 8.74. The molecule has 0 aliphatic heterocycles. The van der Waals surface area contributed by atoms with Crippen LogP contribution < -0.4 is 10.1 Å². The van der Waals surface area contributed by atoms with Gasteiger partial charge in [0, 0.05) is 0 Å². The van der Waals surface area contributed by atoms with Crippen LogP contribution in [0.5, 0.6) is 5.75 Å². The number of carbonyl (C=O) groups excluding carboxylic acids is 2. The van der Waals surface area contributed by atoms with Crippen molar-refractivity contribution in [2.24, 2.45) is 0 Å². The number of amides is 1. The molecule has 0 aliphatic carbocycles. The molecule has 0 spiro atoms. The van der Waals surface area contributed by atoms with Crippen LogP contribution in [0.1, 0.15) is 15.9 Å². The highest BCUT2D eigenvalue weighted by Crippen LogP contribution is 2.25. The molecule has 0 saturated carbocycles. The van der Waals surface area contributed by atoms with Crippen LogP contribution in [0, 0.1) is 0 Å². The maximum atomic E-state index is 12.3. The van der Waals surface area contributed by atoms with Crippen LogP contribution in [0.15, 0.2) is 48.5 Å². The highest BCUT2D eigenvalue weighted by atomic mass is 19.3. The van der Waals surface area contributed by atoms with Crippen molar-refractivity contribution in [2.75, 3.05) is 11.9 Å². The van der Waals surface area contributed by atoms with Gasteiger partial charge in [-0.05, 0) is 29.8 Å². The summed E-state index contributed by atoms with van der Waals surface area (Å²) in [5, 5.41) is 11.3. The van der Waals surface area contributed by atoms with Crippen LogP contribution in [0.3, 0.4) is 0 Å². The highest BCUT2D eigenvalue weighted by molar-refractivity contribution is 5.96. The number of nitrogens with one attached hydrogen (secondary N) is 1. The molecular weight excluding hydrogens is 336 g/mol. The summed E-state index contributed by atoms with van der Waals surface area (Å²) < 4.78 is 33.8. The van der Waals surface area contributed by atoms with Gasteiger partial charge in [0.05, 0.1) is 17.9 Å². The van der Waals surface area contributed by atoms with Crippen molar-refractivity contribution in [2.45, 2.75) is 13.2 Å². The topological polar surface area (TPSA) is 84.9 Å². The standard InChI is InChI=1S/C17H15F2NO5/c18-17(19)25-14-4-2-1-3-13(14)20-15(22)10-24-16(23)12-7-5-11(9-21)6-8-12/h1-8,17,21H,9-10H2,(H,20,22). The minimum atomic E-state index is -3.03. The molecule has 0 atom stereocenters. The van der Waals surface area contributed by atoms with E-state index in [4.69, 9.17) is 9.84 Å². The van der Waals surface area contributed by atoms with E-state index in [0.717, 1.165) is 0 Å². The third kappa shape index (κ3) is 5.54. The van der Waals surface area contributed by atoms with E-state index in [1.54, 1.807) is 12.1 Å². The Morgan fingerprint density at radius 1 is 1.08 bits per heavy atom. The van der Waals surface area contributed by atoms with Crippen LogP contribution in [0.4, 0.5) is 14.5 Å². The van der Waals surface area contributed by atoms with E-state index >= 15 is 0 Å². The van der Waals surface area contributed by atoms with Gasteiger partial charge >= 0.3 is 12.6 Å².